The Morgan fingerprint density at radius 3 is 1.39 bits per heavy atom. The van der Waals surface area contributed by atoms with Gasteiger partial charge in [0.15, 0.2) is 23.0 Å². The Morgan fingerprint density at radius 2 is 0.898 bits per heavy atom. The van der Waals surface area contributed by atoms with Crippen LogP contribution in [-0.4, -0.2) is 41.6 Å². The average Bonchev–Trinajstić information content (AvgIpc) is 3.24. The molecule has 5 aromatic carbocycles. The van der Waals surface area contributed by atoms with Crippen LogP contribution in [0, 0.1) is 0 Å². The fourth-order valence-corrected chi connectivity index (χ4v) is 6.77. The van der Waals surface area contributed by atoms with E-state index in [1.54, 1.807) is 72.8 Å². The molecular formula is C48H54N2O9. The minimum absolute atomic E-state index is 0.0836. The summed E-state index contributed by atoms with van der Waals surface area (Å²) < 4.78 is 29.7. The van der Waals surface area contributed by atoms with Gasteiger partial charge in [-0.25, -0.2) is 0 Å². The van der Waals surface area contributed by atoms with Gasteiger partial charge in [0, 0.05) is 23.5 Å². The van der Waals surface area contributed by atoms with Crippen molar-refractivity contribution < 1.29 is 43.5 Å². The van der Waals surface area contributed by atoms with Gasteiger partial charge < -0.3 is 44.9 Å². The molecule has 5 N–H and O–H groups in total. The number of aromatic hydroxyl groups is 2. The molecule has 11 heteroatoms. The van der Waals surface area contributed by atoms with Gasteiger partial charge in [-0.15, -0.1) is 0 Å². The van der Waals surface area contributed by atoms with Crippen LogP contribution in [0.3, 0.4) is 0 Å². The van der Waals surface area contributed by atoms with Gasteiger partial charge in [-0.3, -0.25) is 9.59 Å². The van der Waals surface area contributed by atoms with Crippen molar-refractivity contribution in [2.75, 3.05) is 30.9 Å². The summed E-state index contributed by atoms with van der Waals surface area (Å²) in [5.41, 5.74) is 5.96. The molecule has 0 fully saturated rings. The molecule has 0 heterocycles. The van der Waals surface area contributed by atoms with Gasteiger partial charge in [0.25, 0.3) is 0 Å². The number of phenols is 2. The molecule has 0 amide bonds. The Labute approximate surface area is 346 Å². The predicted molar refractivity (Wildman–Crippen MR) is 230 cm³/mol. The minimum atomic E-state index is -0.771. The highest BCUT2D eigenvalue weighted by Crippen LogP contribution is 2.50. The molecule has 0 radical (unpaired) electrons. The van der Waals surface area contributed by atoms with Crippen molar-refractivity contribution in [3.8, 4) is 51.7 Å². The maximum atomic E-state index is 14.6. The van der Waals surface area contributed by atoms with Crippen molar-refractivity contribution in [1.82, 2.24) is 0 Å². The lowest BCUT2D eigenvalue weighted by atomic mass is 9.81. The van der Waals surface area contributed by atoms with Crippen LogP contribution in [0.25, 0.3) is 0 Å². The number of unbranched alkanes of at least 4 members (excludes halogenated alkanes) is 7. The summed E-state index contributed by atoms with van der Waals surface area (Å²) in [6.45, 7) is 8.18. The molecule has 0 bridgehead atoms. The second kappa shape index (κ2) is 20.4. The largest absolute Gasteiger partial charge is 0.504 e. The quantitative estimate of drug-likeness (QED) is 0.0294. The Bertz CT molecular complexity index is 2200. The molecule has 0 atom stereocenters. The van der Waals surface area contributed by atoms with Gasteiger partial charge in [0.05, 0.1) is 47.8 Å². The molecule has 1 aliphatic carbocycles. The van der Waals surface area contributed by atoms with Gasteiger partial charge in [0.2, 0.25) is 11.6 Å². The normalized spacial score (nSPS) is 11.8. The number of nitrogens with two attached hydrogens (primary N) is 1. The summed E-state index contributed by atoms with van der Waals surface area (Å²) in [5, 5.41) is 26.5. The van der Waals surface area contributed by atoms with E-state index in [9.17, 15) is 19.8 Å². The summed E-state index contributed by atoms with van der Waals surface area (Å²) in [6.07, 6.45) is 10.6. The maximum Gasteiger partial charge on any atom is 0.200 e. The number of rotatable bonds is 22. The third-order valence-corrected chi connectivity index (χ3v) is 10.0. The Hall–Kier alpha value is -6.36. The summed E-state index contributed by atoms with van der Waals surface area (Å²) in [4.78, 5) is 29.0. The van der Waals surface area contributed by atoms with Crippen molar-refractivity contribution in [3.63, 3.8) is 0 Å². The number of ketones is 2. The number of carbonyl (C=O) groups is 2. The van der Waals surface area contributed by atoms with Gasteiger partial charge in [0.1, 0.15) is 28.7 Å². The predicted octanol–water partition coefficient (Wildman–Crippen LogP) is 11.9. The van der Waals surface area contributed by atoms with Crippen LogP contribution < -0.4 is 34.7 Å². The smallest absolute Gasteiger partial charge is 0.200 e. The first-order valence-corrected chi connectivity index (χ1v) is 20.7. The monoisotopic (exact) mass is 802 g/mol. The summed E-state index contributed by atoms with van der Waals surface area (Å²) in [5.74, 6) is -0.130. The third kappa shape index (κ3) is 10.4. The van der Waals surface area contributed by atoms with E-state index in [4.69, 9.17) is 29.4 Å². The number of anilines is 3. The Kier molecular flexibility index (Phi) is 14.6. The second-order valence-corrected chi connectivity index (χ2v) is 14.6. The van der Waals surface area contributed by atoms with Crippen LogP contribution in [0.15, 0.2) is 84.9 Å². The van der Waals surface area contributed by atoms with Crippen molar-refractivity contribution in [2.24, 2.45) is 0 Å². The van der Waals surface area contributed by atoms with Crippen LogP contribution >= 0.6 is 0 Å². The first-order chi connectivity index (χ1) is 28.7. The van der Waals surface area contributed by atoms with Gasteiger partial charge in [-0.2, -0.15) is 0 Å². The lowest BCUT2D eigenvalue weighted by Gasteiger charge is -2.25. The summed E-state index contributed by atoms with van der Waals surface area (Å²) >= 11 is 0. The molecule has 11 nitrogen and oxygen atoms in total. The lowest BCUT2D eigenvalue weighted by Crippen LogP contribution is -2.24. The van der Waals surface area contributed by atoms with Crippen molar-refractivity contribution in [2.45, 2.75) is 85.0 Å². The fraction of sp³-hybridized carbons (Fsp3) is 0.333. The van der Waals surface area contributed by atoms with Crippen molar-refractivity contribution in [3.05, 3.63) is 107 Å². The van der Waals surface area contributed by atoms with Gasteiger partial charge in [-0.1, -0.05) is 65.7 Å². The molecular weight excluding hydrogens is 749 g/mol. The summed E-state index contributed by atoms with van der Waals surface area (Å²) in [6, 6.07) is 23.6. The number of benzene rings is 5. The molecule has 1 aliphatic rings. The SMILES string of the molecule is CCCCCCOc1ccc(Oc2cc(N)c3c(c2O)C(=O)c2c(Nc4ccc(OCCCC)cc4)cc(Oc4ccc(OCCCCCC)cc4)c(O)c2C3=O)cc1. The van der Waals surface area contributed by atoms with Crippen molar-refractivity contribution >= 4 is 28.6 Å². The van der Waals surface area contributed by atoms with Gasteiger partial charge >= 0.3 is 0 Å². The lowest BCUT2D eigenvalue weighted by molar-refractivity contribution is 0.0974. The number of hydrogen-bond acceptors (Lipinski definition) is 11. The molecule has 59 heavy (non-hydrogen) atoms. The van der Waals surface area contributed by atoms with E-state index in [1.807, 2.05) is 0 Å². The first-order valence-electron chi connectivity index (χ1n) is 20.7. The van der Waals surface area contributed by atoms with Crippen LogP contribution in [0.2, 0.25) is 0 Å². The first kappa shape index (κ1) is 42.3. The van der Waals surface area contributed by atoms with E-state index in [1.165, 1.54) is 12.1 Å². The van der Waals surface area contributed by atoms with E-state index >= 15 is 0 Å². The molecule has 5 aromatic rings. The van der Waals surface area contributed by atoms with E-state index in [0.29, 0.717) is 54.3 Å². The van der Waals surface area contributed by atoms with Crippen LogP contribution in [-0.2, 0) is 0 Å². The number of nitrogens with one attached hydrogen (secondary N) is 1. The topological polar surface area (TPSA) is 159 Å². The number of carbonyl (C=O) groups excluding carboxylic acids is 2. The van der Waals surface area contributed by atoms with Crippen molar-refractivity contribution in [1.29, 1.82) is 0 Å². The standard InChI is InChI=1S/C48H54N2O9/c1-4-7-10-12-27-56-33-18-22-35(23-19-33)58-39-29-37(49)41-43(45(39)51)48(54)42-38(50-31-14-16-32(17-15-31)55-26-9-6-3)30-40(46(52)44(42)47(41)53)59-36-24-20-34(21-25-36)57-28-13-11-8-5-2/h14-25,29-30,50-52H,4-13,26-28,49H2,1-3H3. The molecule has 0 aromatic heterocycles. The van der Waals surface area contributed by atoms with Crippen LogP contribution in [0.5, 0.6) is 51.7 Å². The second-order valence-electron chi connectivity index (χ2n) is 14.6. The minimum Gasteiger partial charge on any atom is -0.504 e. The molecule has 0 unspecified atom stereocenters. The molecule has 0 saturated heterocycles. The highest BCUT2D eigenvalue weighted by Gasteiger charge is 2.40. The molecule has 6 rings (SSSR count). The number of hydrogen-bond donors (Lipinski definition) is 4. The number of phenolic OH excluding ortho intramolecular Hbond substituents is 2. The van der Waals surface area contributed by atoms with E-state index in [-0.39, 0.29) is 45.1 Å². The Morgan fingerprint density at radius 1 is 0.492 bits per heavy atom. The highest BCUT2D eigenvalue weighted by atomic mass is 16.5. The zero-order valence-electron chi connectivity index (χ0n) is 34.1. The van der Waals surface area contributed by atoms with E-state index in [2.05, 4.69) is 26.1 Å². The van der Waals surface area contributed by atoms with Crippen LogP contribution in [0.4, 0.5) is 17.1 Å². The zero-order chi connectivity index (χ0) is 41.7. The highest BCUT2D eigenvalue weighted by molar-refractivity contribution is 6.34. The Balaban J connectivity index is 1.31. The fourth-order valence-electron chi connectivity index (χ4n) is 6.77. The average molecular weight is 803 g/mol. The molecule has 310 valence electrons. The number of nitrogen functional groups attached to an aromatic ring is 1. The molecule has 0 aliphatic heterocycles. The third-order valence-electron chi connectivity index (χ3n) is 10.0. The van der Waals surface area contributed by atoms with Gasteiger partial charge in [-0.05, 0) is 92.1 Å². The van der Waals surface area contributed by atoms with E-state index < -0.39 is 23.1 Å². The number of fused-ring (bicyclic) bond motifs is 2. The zero-order valence-corrected chi connectivity index (χ0v) is 34.1. The number of ether oxygens (including phenoxy) is 5. The summed E-state index contributed by atoms with van der Waals surface area (Å²) in [7, 11) is 0. The maximum absolute atomic E-state index is 14.6. The molecule has 0 saturated carbocycles. The molecule has 0 spiro atoms. The van der Waals surface area contributed by atoms with E-state index in [0.717, 1.165) is 64.2 Å². The van der Waals surface area contributed by atoms with Crippen LogP contribution in [0.1, 0.15) is 117 Å².